The fourth-order valence-electron chi connectivity index (χ4n) is 3.22. The van der Waals surface area contributed by atoms with Gasteiger partial charge in [0.1, 0.15) is 16.9 Å². The van der Waals surface area contributed by atoms with Crippen LogP contribution in [0.15, 0.2) is 71.6 Å². The molecule has 3 aromatic rings. The van der Waals surface area contributed by atoms with E-state index in [1.165, 1.54) is 22.5 Å². The summed E-state index contributed by atoms with van der Waals surface area (Å²) in [6.45, 7) is -0.0430. The largest absolute Gasteiger partial charge is 0.364 e. The van der Waals surface area contributed by atoms with Gasteiger partial charge in [-0.3, -0.25) is 0 Å². The van der Waals surface area contributed by atoms with E-state index in [1.54, 1.807) is 48.5 Å². The zero-order chi connectivity index (χ0) is 19.9. The van der Waals surface area contributed by atoms with E-state index in [1.807, 2.05) is 0 Å². The van der Waals surface area contributed by atoms with E-state index in [2.05, 4.69) is 5.32 Å². The molecule has 28 heavy (non-hydrogen) atoms. The second-order valence-electron chi connectivity index (χ2n) is 6.35. The van der Waals surface area contributed by atoms with Crippen LogP contribution in [0, 0.1) is 5.82 Å². The first-order valence-corrected chi connectivity index (χ1v) is 10.6. The van der Waals surface area contributed by atoms with Gasteiger partial charge < -0.3 is 5.32 Å². The molecular formula is C20H15Cl2FN2O2S. The van der Waals surface area contributed by atoms with Crippen molar-refractivity contribution in [1.82, 2.24) is 4.31 Å². The van der Waals surface area contributed by atoms with Crippen molar-refractivity contribution in [3.05, 3.63) is 93.7 Å². The van der Waals surface area contributed by atoms with Gasteiger partial charge in [-0.2, -0.15) is 4.31 Å². The molecule has 4 nitrogen and oxygen atoms in total. The Balaban J connectivity index is 1.87. The summed E-state index contributed by atoms with van der Waals surface area (Å²) < 4.78 is 41.5. The van der Waals surface area contributed by atoms with E-state index in [0.717, 1.165) is 0 Å². The molecule has 0 saturated heterocycles. The summed E-state index contributed by atoms with van der Waals surface area (Å²) >= 11 is 12.5. The number of rotatable bonds is 3. The van der Waals surface area contributed by atoms with Crippen molar-refractivity contribution < 1.29 is 12.8 Å². The minimum atomic E-state index is -3.86. The Morgan fingerprint density at radius 1 is 0.964 bits per heavy atom. The summed E-state index contributed by atoms with van der Waals surface area (Å²) in [7, 11) is -3.86. The molecule has 3 aromatic carbocycles. The molecule has 0 radical (unpaired) electrons. The standard InChI is InChI=1S/C20H15Cl2FN2O2S/c21-16-6-2-1-5-15(16)20-24-18-7-3-4-8-19(18)28(26,27)25(20)12-13-9-10-14(23)11-17(13)22/h1-11,20,24H,12H2/t20-/m1/s1. The SMILES string of the molecule is O=S1(=O)c2ccccc2N[C@@H](c2ccccc2Cl)N1Cc1ccc(F)cc1Cl. The van der Waals surface area contributed by atoms with Crippen LogP contribution in [0.1, 0.15) is 17.3 Å². The molecule has 0 saturated carbocycles. The minimum absolute atomic E-state index is 0.0430. The maximum absolute atomic E-state index is 13.4. The Hall–Kier alpha value is -2.12. The van der Waals surface area contributed by atoms with Crippen molar-refractivity contribution in [3.8, 4) is 0 Å². The van der Waals surface area contributed by atoms with Crippen LogP contribution in [0.4, 0.5) is 10.1 Å². The van der Waals surface area contributed by atoms with Crippen LogP contribution in [-0.2, 0) is 16.6 Å². The van der Waals surface area contributed by atoms with Gasteiger partial charge >= 0.3 is 0 Å². The lowest BCUT2D eigenvalue weighted by molar-refractivity contribution is 0.336. The fourth-order valence-corrected chi connectivity index (χ4v) is 5.35. The lowest BCUT2D eigenvalue weighted by Gasteiger charge is -2.37. The summed E-state index contributed by atoms with van der Waals surface area (Å²) in [4.78, 5) is 0.163. The molecule has 0 fully saturated rings. The molecule has 4 rings (SSSR count). The Labute approximate surface area is 172 Å². The predicted octanol–water partition coefficient (Wildman–Crippen LogP) is 5.45. The van der Waals surface area contributed by atoms with Gasteiger partial charge in [0.05, 0.1) is 5.69 Å². The number of sulfonamides is 1. The Bertz CT molecular complexity index is 1150. The number of nitrogens with one attached hydrogen (secondary N) is 1. The summed E-state index contributed by atoms with van der Waals surface area (Å²) in [5, 5.41) is 3.85. The molecule has 0 unspecified atom stereocenters. The van der Waals surface area contributed by atoms with Crippen LogP contribution in [0.5, 0.6) is 0 Å². The van der Waals surface area contributed by atoms with Crippen LogP contribution < -0.4 is 5.32 Å². The molecule has 8 heteroatoms. The summed E-state index contributed by atoms with van der Waals surface area (Å²) in [5.41, 5.74) is 1.60. The number of hydrogen-bond donors (Lipinski definition) is 1. The van der Waals surface area contributed by atoms with Gasteiger partial charge in [0.15, 0.2) is 0 Å². The number of halogens is 3. The number of nitrogens with zero attached hydrogens (tertiary/aromatic N) is 1. The molecule has 1 atom stereocenters. The van der Waals surface area contributed by atoms with Crippen LogP contribution in [0.3, 0.4) is 0 Å². The van der Waals surface area contributed by atoms with Crippen molar-refractivity contribution in [2.75, 3.05) is 5.32 Å². The van der Waals surface area contributed by atoms with Gasteiger partial charge in [-0.15, -0.1) is 0 Å². The number of fused-ring (bicyclic) bond motifs is 1. The zero-order valence-corrected chi connectivity index (χ0v) is 16.8. The van der Waals surface area contributed by atoms with E-state index >= 15 is 0 Å². The van der Waals surface area contributed by atoms with E-state index in [4.69, 9.17) is 23.2 Å². The third-order valence-electron chi connectivity index (χ3n) is 4.60. The third-order valence-corrected chi connectivity index (χ3v) is 7.16. The van der Waals surface area contributed by atoms with E-state index in [-0.39, 0.29) is 16.5 Å². The normalized spacial score (nSPS) is 18.3. The highest BCUT2D eigenvalue weighted by Crippen LogP contribution is 2.41. The number of benzene rings is 3. The lowest BCUT2D eigenvalue weighted by Crippen LogP contribution is -2.42. The third kappa shape index (κ3) is 3.37. The van der Waals surface area contributed by atoms with Crippen molar-refractivity contribution in [3.63, 3.8) is 0 Å². The molecule has 0 aromatic heterocycles. The van der Waals surface area contributed by atoms with Crippen molar-refractivity contribution in [1.29, 1.82) is 0 Å². The maximum Gasteiger partial charge on any atom is 0.247 e. The second-order valence-corrected chi connectivity index (χ2v) is 9.02. The highest BCUT2D eigenvalue weighted by Gasteiger charge is 2.39. The van der Waals surface area contributed by atoms with Gasteiger partial charge in [-0.1, -0.05) is 59.6 Å². The predicted molar refractivity (Wildman–Crippen MR) is 108 cm³/mol. The highest BCUT2D eigenvalue weighted by molar-refractivity contribution is 7.89. The first-order chi connectivity index (χ1) is 13.4. The number of para-hydroxylation sites is 1. The monoisotopic (exact) mass is 436 g/mol. The van der Waals surface area contributed by atoms with Gasteiger partial charge in [0.2, 0.25) is 10.0 Å². The molecule has 1 heterocycles. The van der Waals surface area contributed by atoms with Crippen molar-refractivity contribution in [2.24, 2.45) is 0 Å². The topological polar surface area (TPSA) is 49.4 Å². The number of hydrogen-bond acceptors (Lipinski definition) is 3. The van der Waals surface area contributed by atoms with Crippen molar-refractivity contribution in [2.45, 2.75) is 17.6 Å². The highest BCUT2D eigenvalue weighted by atomic mass is 35.5. The molecule has 0 aliphatic carbocycles. The molecular weight excluding hydrogens is 422 g/mol. The summed E-state index contributed by atoms with van der Waals surface area (Å²) in [6, 6.07) is 17.6. The van der Waals surface area contributed by atoms with E-state index < -0.39 is 22.0 Å². The molecule has 1 N–H and O–H groups in total. The van der Waals surface area contributed by atoms with E-state index in [0.29, 0.717) is 21.8 Å². The molecule has 1 aliphatic heterocycles. The summed E-state index contributed by atoms with van der Waals surface area (Å²) in [6.07, 6.45) is -0.741. The van der Waals surface area contributed by atoms with Crippen LogP contribution in [0.25, 0.3) is 0 Å². The van der Waals surface area contributed by atoms with Crippen LogP contribution >= 0.6 is 23.2 Å². The van der Waals surface area contributed by atoms with Gasteiger partial charge in [0, 0.05) is 22.2 Å². The molecule has 0 bridgehead atoms. The van der Waals surface area contributed by atoms with Gasteiger partial charge in [-0.05, 0) is 35.9 Å². The molecule has 0 amide bonds. The fraction of sp³-hybridized carbons (Fsp3) is 0.100. The molecule has 144 valence electrons. The smallest absolute Gasteiger partial charge is 0.247 e. The Morgan fingerprint density at radius 3 is 2.43 bits per heavy atom. The van der Waals surface area contributed by atoms with Crippen molar-refractivity contribution >= 4 is 38.9 Å². The van der Waals surface area contributed by atoms with E-state index in [9.17, 15) is 12.8 Å². The molecule has 0 spiro atoms. The average molecular weight is 437 g/mol. The maximum atomic E-state index is 13.4. The van der Waals surface area contributed by atoms with Crippen LogP contribution in [-0.4, -0.2) is 12.7 Å². The quantitative estimate of drug-likeness (QED) is 0.593. The zero-order valence-electron chi connectivity index (χ0n) is 14.4. The Morgan fingerprint density at radius 2 is 1.68 bits per heavy atom. The average Bonchev–Trinajstić information content (AvgIpc) is 2.66. The van der Waals surface area contributed by atoms with Gasteiger partial charge in [-0.25, -0.2) is 12.8 Å². The van der Waals surface area contributed by atoms with Crippen LogP contribution in [0.2, 0.25) is 10.0 Å². The Kier molecular flexibility index (Phi) is 5.05. The summed E-state index contributed by atoms with van der Waals surface area (Å²) in [5.74, 6) is -0.485. The first-order valence-electron chi connectivity index (χ1n) is 8.44. The van der Waals surface area contributed by atoms with Gasteiger partial charge in [0.25, 0.3) is 0 Å². The molecule has 1 aliphatic rings. The number of anilines is 1. The second kappa shape index (κ2) is 7.37. The lowest BCUT2D eigenvalue weighted by atomic mass is 10.1. The first kappa shape index (κ1) is 19.2. The minimum Gasteiger partial charge on any atom is -0.364 e.